The lowest BCUT2D eigenvalue weighted by molar-refractivity contribution is -0.153. The molecule has 0 radical (unpaired) electrons. The number of benzene rings is 2. The number of carbonyl (C=O) groups is 5. The number of nitrogens with one attached hydrogen (secondary N) is 2. The maximum atomic E-state index is 12.4. The molecule has 4 amide bonds. The summed E-state index contributed by atoms with van der Waals surface area (Å²) in [4.78, 5) is 82.5. The summed E-state index contributed by atoms with van der Waals surface area (Å²) >= 11 is 14.0. The van der Waals surface area contributed by atoms with Crippen LogP contribution in [-0.4, -0.2) is 211 Å². The summed E-state index contributed by atoms with van der Waals surface area (Å²) in [7, 11) is 0. The SMILES string of the molecule is CC(C)(C)OC(=O)N1CCc2sc(Cl)cc2C1.CC(C)(C)OC(=O)N1CCc2sc(OCC(F)(F)F)cc2C1.Cl.FC(F)(F)COc1cc2c(s1)CCNC2.NCCCCN1CCc2sc(OCC(F)(F)F)cc2C1.O=C(CCCCCN1CCc2sc(OCC(F)(F)F)cc2C1)c1cc2ccccc2[nH]1.O=C1c2ccccc2C(=O)N1CCCCN1CCc2sc(OCC(F)(F)F)cc2C1. The Balaban J connectivity index is 0.000000172. The number of alkyl halides is 15. The number of unbranched alkanes of at least 4 members (excludes halogenated alkanes) is 4. The molecule has 0 fully saturated rings. The molecule has 21 nitrogen and oxygen atoms in total. The first kappa shape index (κ1) is 110. The van der Waals surface area contributed by atoms with E-state index in [1.165, 1.54) is 66.5 Å². The van der Waals surface area contributed by atoms with Crippen LogP contribution in [0.4, 0.5) is 75.4 Å². The Morgan fingerprint density at radius 1 is 0.412 bits per heavy atom. The molecule has 0 saturated heterocycles. The molecule has 0 aliphatic carbocycles. The third-order valence-corrected chi connectivity index (χ3v) is 28.6. The number of nitrogens with two attached hydrogens (primary N) is 1. The largest absolute Gasteiger partial charge is 0.475 e. The summed E-state index contributed by atoms with van der Waals surface area (Å²) in [5.41, 5.74) is 13.3. The Kier molecular flexibility index (Phi) is 39.8. The molecule has 7 aliphatic rings. The molecule has 2 aromatic carbocycles. The molecule has 7 aliphatic heterocycles. The molecule has 0 saturated carbocycles. The van der Waals surface area contributed by atoms with Gasteiger partial charge in [0.25, 0.3) is 11.8 Å². The van der Waals surface area contributed by atoms with Crippen molar-refractivity contribution in [1.82, 2.24) is 39.7 Å². The molecule has 9 aromatic rings. The molecule has 0 unspecified atom stereocenters. The van der Waals surface area contributed by atoms with Crippen molar-refractivity contribution >= 4 is 133 Å². The van der Waals surface area contributed by atoms with E-state index in [0.717, 1.165) is 209 Å². The normalized spacial score (nSPS) is 15.7. The van der Waals surface area contributed by atoms with Gasteiger partial charge in [-0.2, -0.15) is 65.9 Å². The predicted octanol–water partition coefficient (Wildman–Crippen LogP) is 23.3. The maximum absolute atomic E-state index is 12.4. The van der Waals surface area contributed by atoms with Gasteiger partial charge in [-0.3, -0.25) is 34.0 Å². The molecule has 16 rings (SSSR count). The van der Waals surface area contributed by atoms with Crippen molar-refractivity contribution in [2.75, 3.05) is 105 Å². The molecule has 0 bridgehead atoms. The lowest BCUT2D eigenvalue weighted by atomic mass is 10.1. The minimum atomic E-state index is -4.35. The van der Waals surface area contributed by atoms with Crippen LogP contribution in [0.15, 0.2) is 91.0 Å². The van der Waals surface area contributed by atoms with Crippen LogP contribution in [0.1, 0.15) is 187 Å². The van der Waals surface area contributed by atoms with E-state index in [1.807, 2.05) is 57.2 Å². The van der Waals surface area contributed by atoms with Crippen LogP contribution in [0.5, 0.6) is 25.3 Å². The van der Waals surface area contributed by atoms with Gasteiger partial charge in [0.2, 0.25) is 0 Å². The Bertz CT molecular complexity index is 5310. The summed E-state index contributed by atoms with van der Waals surface area (Å²) < 4.78 is 218. The number of H-pyrrole nitrogens is 1. The summed E-state index contributed by atoms with van der Waals surface area (Å²) in [6.45, 7) is 17.2. The maximum Gasteiger partial charge on any atom is 0.422 e. The number of imide groups is 1. The monoisotopic (exact) mass is 2080 g/mol. The second kappa shape index (κ2) is 49.3. The van der Waals surface area contributed by atoms with Crippen molar-refractivity contribution in [2.45, 2.75) is 213 Å². The number of thiophene rings is 6. The lowest BCUT2D eigenvalue weighted by Gasteiger charge is -2.29. The number of aromatic amines is 1. The second-order valence-electron chi connectivity index (χ2n) is 34.9. The smallest absolute Gasteiger partial charge is 0.422 e. The van der Waals surface area contributed by atoms with Crippen LogP contribution >= 0.6 is 92.0 Å². The highest BCUT2D eigenvalue weighted by atomic mass is 35.5. The molecular formula is C92H110Cl2F15N9O12S6. The van der Waals surface area contributed by atoms with Gasteiger partial charge >= 0.3 is 43.1 Å². The molecule has 7 aromatic heterocycles. The number of halogens is 17. The van der Waals surface area contributed by atoms with Gasteiger partial charge in [0.15, 0.2) is 64.1 Å². The van der Waals surface area contributed by atoms with E-state index in [0.29, 0.717) is 102 Å². The van der Waals surface area contributed by atoms with Gasteiger partial charge in [-0.1, -0.05) is 48.4 Å². The van der Waals surface area contributed by atoms with Crippen molar-refractivity contribution in [3.63, 3.8) is 0 Å². The number of aromatic nitrogens is 1. The number of hydrogen-bond donors (Lipinski definition) is 3. The fourth-order valence-corrected chi connectivity index (χ4v) is 21.6. The molecule has 750 valence electrons. The highest BCUT2D eigenvalue weighted by Crippen LogP contribution is 2.41. The number of para-hydroxylation sites is 1. The van der Waals surface area contributed by atoms with Crippen LogP contribution in [0, 0.1) is 0 Å². The number of hydrogen-bond acceptors (Lipinski definition) is 23. The van der Waals surface area contributed by atoms with Gasteiger partial charge in [-0.05, 0) is 232 Å². The first-order chi connectivity index (χ1) is 63.6. The topological polar surface area (TPSA) is 223 Å². The van der Waals surface area contributed by atoms with Gasteiger partial charge in [0.1, 0.15) is 11.2 Å². The minimum Gasteiger partial charge on any atom is -0.475 e. The summed E-state index contributed by atoms with van der Waals surface area (Å²) in [5.74, 6) is -0.325. The highest BCUT2D eigenvalue weighted by molar-refractivity contribution is 7.16. The molecule has 14 heterocycles. The number of carbonyl (C=O) groups excluding carboxylic acids is 5. The van der Waals surface area contributed by atoms with Crippen molar-refractivity contribution in [3.05, 3.63) is 175 Å². The summed E-state index contributed by atoms with van der Waals surface area (Å²) in [5, 5.41) is 5.83. The Morgan fingerprint density at radius 3 is 1.15 bits per heavy atom. The zero-order chi connectivity index (χ0) is 97.8. The van der Waals surface area contributed by atoms with E-state index in [1.54, 1.807) is 96.5 Å². The number of fused-ring (bicyclic) bond motifs is 8. The Hall–Kier alpha value is -8.14. The molecule has 0 atom stereocenters. The van der Waals surface area contributed by atoms with E-state index >= 15 is 0 Å². The van der Waals surface area contributed by atoms with Crippen LogP contribution in [0.3, 0.4) is 0 Å². The Labute approximate surface area is 813 Å². The minimum absolute atomic E-state index is 0. The van der Waals surface area contributed by atoms with E-state index in [4.69, 9.17) is 45.8 Å². The molecule has 44 heteroatoms. The standard InChI is InChI=1S/C23H25F3N2O2S.C21H21F3N2O3S.C14H18F3NO3S.C13H19F3N2OS.C12H16ClNO2S.C9H10F3NOS.ClH/c24-23(25,26)15-30-22-13-17-14-28(11-9-21(17)31-22)10-5-1-2-8-20(29)19-12-16-6-3-4-7-18(16)27-19;22-21(23,24)13-29-18-11-14-12-25(10-7-17(14)30-18)8-3-4-9-26-19(27)15-5-1-2-6-16(15)20(26)28;1-13(2,3)21-12(19)18-5-4-10-9(7-18)6-11(22-10)20-8-14(15,16)17;14-13(15,16)9-19-12-7-10-8-18(5-2-1-4-17)6-3-11(10)20-12;1-12(2,3)16-11(15)14-5-4-9-8(7-14)6-10(13)17-9;10-9(11,12)5-14-8-3-6-4-13-2-1-7(6)15-8;/h3-4,6-7,12-13,27H,1-2,5,8-11,14-15H2;1-2,5-6,11H,3-4,7-10,12-13H2;6H,4-5,7-8H2,1-3H3;7H,1-6,8-9,17H2;6H,4-5,7H2,1-3H3;3,13H,1-2,4-5H2;1H. The zero-order valence-electron chi connectivity index (χ0n) is 75.7. The van der Waals surface area contributed by atoms with Gasteiger partial charge in [-0.25, -0.2) is 9.59 Å². The predicted molar refractivity (Wildman–Crippen MR) is 499 cm³/mol. The van der Waals surface area contributed by atoms with E-state index < -0.39 is 81.2 Å². The zero-order valence-corrected chi connectivity index (χ0v) is 82.2. The van der Waals surface area contributed by atoms with Crippen LogP contribution in [0.2, 0.25) is 4.34 Å². The number of Topliss-reactive ketones (excluding diaryl/α,β-unsaturated/α-hetero) is 1. The van der Waals surface area contributed by atoms with Gasteiger partial charge < -0.3 is 59.0 Å². The van der Waals surface area contributed by atoms with Crippen LogP contribution in [-0.2, 0) is 87.3 Å². The van der Waals surface area contributed by atoms with Crippen LogP contribution in [0.25, 0.3) is 10.9 Å². The third-order valence-electron chi connectivity index (χ3n) is 21.5. The average Bonchev–Trinajstić information content (AvgIpc) is 1.63. The van der Waals surface area contributed by atoms with E-state index in [-0.39, 0.29) is 41.2 Å². The molecule has 136 heavy (non-hydrogen) atoms. The third kappa shape index (κ3) is 35.9. The Morgan fingerprint density at radius 2 is 0.757 bits per heavy atom. The summed E-state index contributed by atoms with van der Waals surface area (Å²) in [6.07, 6.45) is -10.4. The fraction of sp³-hybridized carbons (Fsp3) is 0.533. The number of nitrogens with zero attached hydrogens (tertiary/aromatic N) is 6. The van der Waals surface area contributed by atoms with Crippen molar-refractivity contribution in [1.29, 1.82) is 0 Å². The van der Waals surface area contributed by atoms with E-state index in [9.17, 15) is 89.8 Å². The van der Waals surface area contributed by atoms with Gasteiger partial charge in [0, 0.05) is 125 Å². The second-order valence-corrected chi connectivity index (χ2v) is 42.2. The lowest BCUT2D eigenvalue weighted by Crippen LogP contribution is -2.39. The number of ether oxygens (including phenoxy) is 7. The average molecular weight is 2080 g/mol. The number of ketones is 1. The van der Waals surface area contributed by atoms with Gasteiger partial charge in [-0.15, -0.1) is 80.4 Å². The first-order valence-corrected chi connectivity index (χ1v) is 49.3. The van der Waals surface area contributed by atoms with Crippen molar-refractivity contribution < 1.29 is 123 Å². The van der Waals surface area contributed by atoms with Gasteiger partial charge in [0.05, 0.1) is 34.2 Å². The first-order valence-electron chi connectivity index (χ1n) is 44.0. The highest BCUT2D eigenvalue weighted by Gasteiger charge is 2.38. The fourth-order valence-electron chi connectivity index (χ4n) is 15.3. The van der Waals surface area contributed by atoms with Crippen molar-refractivity contribution in [2.24, 2.45) is 5.73 Å². The number of amides is 4. The van der Waals surface area contributed by atoms with Crippen LogP contribution < -0.4 is 34.7 Å². The van der Waals surface area contributed by atoms with E-state index in [2.05, 4.69) is 29.7 Å². The molecule has 4 N–H and O–H groups in total. The number of rotatable bonds is 26. The molecule has 0 spiro atoms. The summed E-state index contributed by atoms with van der Waals surface area (Å²) in [6, 6.07) is 27.0. The molecular weight excluding hydrogens is 1970 g/mol. The quantitative estimate of drug-likeness (QED) is 0.0198. The van der Waals surface area contributed by atoms with Crippen molar-refractivity contribution in [3.8, 4) is 25.3 Å².